The lowest BCUT2D eigenvalue weighted by Crippen LogP contribution is -2.24. The maximum Gasteiger partial charge on any atom is 0.277 e. The summed E-state index contributed by atoms with van der Waals surface area (Å²) in [5, 5.41) is 4.97. The summed E-state index contributed by atoms with van der Waals surface area (Å²) < 4.78 is 11.0. The van der Waals surface area contributed by atoms with Crippen LogP contribution in [0.1, 0.15) is 11.3 Å². The number of furan rings is 1. The van der Waals surface area contributed by atoms with Gasteiger partial charge in [-0.25, -0.2) is 5.43 Å². The van der Waals surface area contributed by atoms with E-state index < -0.39 is 5.91 Å². The lowest BCUT2D eigenvalue weighted by molar-refractivity contribution is -0.123. The van der Waals surface area contributed by atoms with Gasteiger partial charge >= 0.3 is 0 Å². The smallest absolute Gasteiger partial charge is 0.277 e. The number of hydrazone groups is 1. The van der Waals surface area contributed by atoms with Crippen LogP contribution in [0.15, 0.2) is 64.1 Å². The van der Waals surface area contributed by atoms with Gasteiger partial charge in [0.15, 0.2) is 6.61 Å². The molecule has 3 aromatic rings. The maximum absolute atomic E-state index is 11.8. The van der Waals surface area contributed by atoms with E-state index in [0.29, 0.717) is 27.3 Å². The van der Waals surface area contributed by atoms with Crippen LogP contribution in [-0.4, -0.2) is 18.7 Å². The number of ether oxygens (including phenoxy) is 1. The summed E-state index contributed by atoms with van der Waals surface area (Å²) in [4.78, 5) is 11.8. The quantitative estimate of drug-likeness (QED) is 0.461. The molecule has 1 heterocycles. The fraction of sp³-hybridized carbons (Fsp3) is 0.100. The van der Waals surface area contributed by atoms with Crippen LogP contribution >= 0.6 is 23.2 Å². The highest BCUT2D eigenvalue weighted by atomic mass is 35.5. The van der Waals surface area contributed by atoms with E-state index in [1.165, 1.54) is 6.21 Å². The Balaban J connectivity index is 1.54. The third-order valence-corrected chi connectivity index (χ3v) is 4.38. The molecule has 0 unspecified atom stereocenters. The van der Waals surface area contributed by atoms with E-state index in [2.05, 4.69) is 10.5 Å². The molecule has 0 aliphatic heterocycles. The average molecular weight is 403 g/mol. The first-order valence-electron chi connectivity index (χ1n) is 8.08. The zero-order valence-corrected chi connectivity index (χ0v) is 15.9. The van der Waals surface area contributed by atoms with Crippen molar-refractivity contribution >= 4 is 35.3 Å². The fourth-order valence-corrected chi connectivity index (χ4v) is 2.60. The molecule has 0 saturated heterocycles. The Hall–Kier alpha value is -2.76. The first-order chi connectivity index (χ1) is 13.0. The Morgan fingerprint density at radius 2 is 1.96 bits per heavy atom. The molecule has 0 saturated carbocycles. The SMILES string of the molecule is Cc1ccc(-c2ccc(/C=N/NC(=O)COc3ccccc3Cl)o2)cc1Cl. The fourth-order valence-electron chi connectivity index (χ4n) is 2.23. The van der Waals surface area contributed by atoms with Gasteiger partial charge in [0.2, 0.25) is 0 Å². The van der Waals surface area contributed by atoms with Gasteiger partial charge in [-0.1, -0.05) is 47.5 Å². The monoisotopic (exact) mass is 402 g/mol. The van der Waals surface area contributed by atoms with Gasteiger partial charge in [0, 0.05) is 10.6 Å². The van der Waals surface area contributed by atoms with Crippen molar-refractivity contribution in [3.63, 3.8) is 0 Å². The molecule has 1 N–H and O–H groups in total. The van der Waals surface area contributed by atoms with Crippen LogP contribution in [0.5, 0.6) is 5.75 Å². The first kappa shape index (κ1) is 19.0. The lowest BCUT2D eigenvalue weighted by atomic mass is 10.1. The molecular formula is C20H16Cl2N2O3. The number of para-hydroxylation sites is 1. The van der Waals surface area contributed by atoms with E-state index in [9.17, 15) is 4.79 Å². The molecule has 0 fully saturated rings. The molecular weight excluding hydrogens is 387 g/mol. The summed E-state index contributed by atoms with van der Waals surface area (Å²) in [6.45, 7) is 1.73. The second kappa shape index (κ2) is 8.75. The lowest BCUT2D eigenvalue weighted by Gasteiger charge is -2.06. The molecule has 7 heteroatoms. The Labute approximate surface area is 166 Å². The van der Waals surface area contributed by atoms with Crippen molar-refractivity contribution in [1.29, 1.82) is 0 Å². The minimum atomic E-state index is -0.414. The predicted molar refractivity (Wildman–Crippen MR) is 107 cm³/mol. The van der Waals surface area contributed by atoms with Crippen molar-refractivity contribution in [3.05, 3.63) is 76.0 Å². The number of hydrogen-bond acceptors (Lipinski definition) is 4. The molecule has 5 nitrogen and oxygen atoms in total. The largest absolute Gasteiger partial charge is 0.482 e. The molecule has 0 atom stereocenters. The molecule has 27 heavy (non-hydrogen) atoms. The summed E-state index contributed by atoms with van der Waals surface area (Å²) in [6.07, 6.45) is 1.41. The van der Waals surface area contributed by atoms with Crippen LogP contribution in [0, 0.1) is 6.92 Å². The van der Waals surface area contributed by atoms with Crippen LogP contribution < -0.4 is 10.2 Å². The third kappa shape index (κ3) is 5.12. The number of nitrogens with zero attached hydrogens (tertiary/aromatic N) is 1. The summed E-state index contributed by atoms with van der Waals surface area (Å²) in [5.74, 6) is 1.18. The molecule has 138 valence electrons. The van der Waals surface area contributed by atoms with Gasteiger partial charge in [0.25, 0.3) is 5.91 Å². The van der Waals surface area contributed by atoms with E-state index in [-0.39, 0.29) is 6.61 Å². The predicted octanol–water partition coefficient (Wildman–Crippen LogP) is 5.09. The van der Waals surface area contributed by atoms with Gasteiger partial charge in [0.05, 0.1) is 11.2 Å². The highest BCUT2D eigenvalue weighted by molar-refractivity contribution is 6.32. The molecule has 0 radical (unpaired) electrons. The second-order valence-electron chi connectivity index (χ2n) is 5.68. The van der Waals surface area contributed by atoms with Gasteiger partial charge in [-0.3, -0.25) is 4.79 Å². The zero-order chi connectivity index (χ0) is 19.2. The van der Waals surface area contributed by atoms with Crippen molar-refractivity contribution < 1.29 is 13.9 Å². The first-order valence-corrected chi connectivity index (χ1v) is 8.84. The van der Waals surface area contributed by atoms with Gasteiger partial charge in [-0.05, 0) is 42.8 Å². The van der Waals surface area contributed by atoms with Gasteiger partial charge in [-0.15, -0.1) is 0 Å². The van der Waals surface area contributed by atoms with Crippen molar-refractivity contribution in [2.45, 2.75) is 6.92 Å². The molecule has 0 aliphatic rings. The highest BCUT2D eigenvalue weighted by Crippen LogP contribution is 2.26. The molecule has 1 amide bonds. The van der Waals surface area contributed by atoms with E-state index in [1.54, 1.807) is 30.3 Å². The van der Waals surface area contributed by atoms with Crippen molar-refractivity contribution in [2.75, 3.05) is 6.61 Å². The Kier molecular flexibility index (Phi) is 6.16. The van der Waals surface area contributed by atoms with Gasteiger partial charge < -0.3 is 9.15 Å². The van der Waals surface area contributed by atoms with Gasteiger partial charge in [0.1, 0.15) is 17.3 Å². The van der Waals surface area contributed by atoms with Crippen LogP contribution in [0.4, 0.5) is 0 Å². The Morgan fingerprint density at radius 1 is 1.15 bits per heavy atom. The van der Waals surface area contributed by atoms with Crippen LogP contribution in [-0.2, 0) is 4.79 Å². The molecule has 3 rings (SSSR count). The number of nitrogens with one attached hydrogen (secondary N) is 1. The standard InChI is InChI=1S/C20H16Cl2N2O3/c1-13-6-7-14(10-17(13)22)18-9-8-15(27-18)11-23-24-20(25)12-26-19-5-3-2-4-16(19)21/h2-11H,12H2,1H3,(H,24,25)/b23-11+. The van der Waals surface area contributed by atoms with Crippen molar-refractivity contribution in [1.82, 2.24) is 5.43 Å². The Morgan fingerprint density at radius 3 is 2.74 bits per heavy atom. The van der Waals surface area contributed by atoms with Crippen LogP contribution in [0.25, 0.3) is 11.3 Å². The summed E-state index contributed by atoms with van der Waals surface area (Å²) in [6, 6.07) is 16.2. The van der Waals surface area contributed by atoms with Crippen LogP contribution in [0.3, 0.4) is 0 Å². The number of amides is 1. The van der Waals surface area contributed by atoms with E-state index in [4.69, 9.17) is 32.4 Å². The zero-order valence-electron chi connectivity index (χ0n) is 14.4. The normalized spacial score (nSPS) is 10.9. The summed E-state index contributed by atoms with van der Waals surface area (Å²) in [5.41, 5.74) is 4.23. The van der Waals surface area contributed by atoms with Crippen LogP contribution in [0.2, 0.25) is 10.0 Å². The second-order valence-corrected chi connectivity index (χ2v) is 6.49. The van der Waals surface area contributed by atoms with E-state index in [1.807, 2.05) is 31.2 Å². The number of halogens is 2. The van der Waals surface area contributed by atoms with Gasteiger partial charge in [-0.2, -0.15) is 5.10 Å². The Bertz CT molecular complexity index is 983. The number of carbonyl (C=O) groups is 1. The minimum Gasteiger partial charge on any atom is -0.482 e. The number of aryl methyl sites for hydroxylation is 1. The number of benzene rings is 2. The molecule has 2 aromatic carbocycles. The minimum absolute atomic E-state index is 0.202. The molecule has 1 aromatic heterocycles. The van der Waals surface area contributed by atoms with Crippen molar-refractivity contribution in [3.8, 4) is 17.1 Å². The number of rotatable bonds is 6. The van der Waals surface area contributed by atoms with E-state index in [0.717, 1.165) is 11.1 Å². The third-order valence-electron chi connectivity index (χ3n) is 3.66. The number of hydrogen-bond donors (Lipinski definition) is 1. The molecule has 0 bridgehead atoms. The topological polar surface area (TPSA) is 63.8 Å². The summed E-state index contributed by atoms with van der Waals surface area (Å²) in [7, 11) is 0. The molecule has 0 spiro atoms. The van der Waals surface area contributed by atoms with Crippen molar-refractivity contribution in [2.24, 2.45) is 5.10 Å². The average Bonchev–Trinajstić information content (AvgIpc) is 3.12. The summed E-state index contributed by atoms with van der Waals surface area (Å²) >= 11 is 12.1. The maximum atomic E-state index is 11.8. The highest BCUT2D eigenvalue weighted by Gasteiger charge is 2.07. The van der Waals surface area contributed by atoms with E-state index >= 15 is 0 Å². The molecule has 0 aliphatic carbocycles. The number of carbonyl (C=O) groups excluding carboxylic acids is 1.